The Hall–Kier alpha value is -0.370. The highest BCUT2D eigenvalue weighted by Crippen LogP contribution is 2.37. The van der Waals surface area contributed by atoms with Crippen LogP contribution in [0.5, 0.6) is 0 Å². The van der Waals surface area contributed by atoms with Crippen molar-refractivity contribution in [2.45, 2.75) is 66.7 Å². The highest BCUT2D eigenvalue weighted by molar-refractivity contribution is 7.11. The second kappa shape index (κ2) is 4.25. The molecule has 0 saturated carbocycles. The van der Waals surface area contributed by atoms with Gasteiger partial charge in [-0.25, -0.2) is 4.98 Å². The Morgan fingerprint density at radius 1 is 0.933 bits per heavy atom. The van der Waals surface area contributed by atoms with Gasteiger partial charge >= 0.3 is 0 Å². The second-order valence-corrected chi connectivity index (χ2v) is 7.11. The molecule has 1 aromatic rings. The fourth-order valence-corrected chi connectivity index (χ4v) is 2.63. The summed E-state index contributed by atoms with van der Waals surface area (Å²) in [6, 6.07) is 0. The standard InChI is InChI=1S/C12H21NS.CH4/c1-8-13-9(11(2,3)4)10(14-8)12(5,6)7;/h1-7H3;1H4. The van der Waals surface area contributed by atoms with Crippen molar-refractivity contribution in [1.29, 1.82) is 0 Å². The Morgan fingerprint density at radius 3 is 1.67 bits per heavy atom. The van der Waals surface area contributed by atoms with E-state index < -0.39 is 0 Å². The first-order valence-corrected chi connectivity index (χ1v) is 5.92. The molecule has 0 aliphatic heterocycles. The number of aryl methyl sites for hydroxylation is 1. The average molecular weight is 227 g/mol. The molecule has 15 heavy (non-hydrogen) atoms. The van der Waals surface area contributed by atoms with E-state index in [1.54, 1.807) is 0 Å². The monoisotopic (exact) mass is 227 g/mol. The van der Waals surface area contributed by atoms with Gasteiger partial charge in [0.05, 0.1) is 10.7 Å². The van der Waals surface area contributed by atoms with Crippen LogP contribution in [0.1, 0.15) is 64.5 Å². The van der Waals surface area contributed by atoms with Crippen LogP contribution in [0, 0.1) is 6.92 Å². The molecule has 0 atom stereocenters. The Morgan fingerprint density at radius 2 is 1.40 bits per heavy atom. The highest BCUT2D eigenvalue weighted by Gasteiger charge is 2.28. The van der Waals surface area contributed by atoms with Crippen molar-refractivity contribution in [3.63, 3.8) is 0 Å². The van der Waals surface area contributed by atoms with Crippen LogP contribution in [0.4, 0.5) is 0 Å². The van der Waals surface area contributed by atoms with E-state index in [9.17, 15) is 0 Å². The molecule has 1 aromatic heterocycles. The molecule has 0 amide bonds. The van der Waals surface area contributed by atoms with E-state index in [0.29, 0.717) is 0 Å². The summed E-state index contributed by atoms with van der Waals surface area (Å²) in [4.78, 5) is 6.10. The van der Waals surface area contributed by atoms with Gasteiger partial charge in [0, 0.05) is 10.3 Å². The van der Waals surface area contributed by atoms with Crippen LogP contribution in [-0.2, 0) is 10.8 Å². The lowest BCUT2D eigenvalue weighted by Crippen LogP contribution is -2.20. The molecule has 0 aromatic carbocycles. The Balaban J connectivity index is 0.00000196. The quantitative estimate of drug-likeness (QED) is 0.627. The molecule has 0 fully saturated rings. The van der Waals surface area contributed by atoms with Crippen molar-refractivity contribution >= 4 is 11.3 Å². The van der Waals surface area contributed by atoms with E-state index in [-0.39, 0.29) is 18.3 Å². The zero-order chi connectivity index (χ0) is 11.1. The largest absolute Gasteiger partial charge is 0.246 e. The number of rotatable bonds is 0. The van der Waals surface area contributed by atoms with Crippen molar-refractivity contribution in [3.05, 3.63) is 15.6 Å². The molecule has 0 N–H and O–H groups in total. The first kappa shape index (κ1) is 14.6. The maximum atomic E-state index is 4.67. The number of hydrogen-bond acceptors (Lipinski definition) is 2. The molecule has 88 valence electrons. The second-order valence-electron chi connectivity index (χ2n) is 5.91. The average Bonchev–Trinajstić information content (AvgIpc) is 2.27. The van der Waals surface area contributed by atoms with E-state index >= 15 is 0 Å². The Kier molecular flexibility index (Phi) is 4.14. The van der Waals surface area contributed by atoms with Gasteiger partial charge in [-0.05, 0) is 12.3 Å². The SMILES string of the molecule is C.Cc1nc(C(C)(C)C)c(C(C)(C)C)s1. The fourth-order valence-electron chi connectivity index (χ4n) is 1.44. The van der Waals surface area contributed by atoms with Crippen LogP contribution in [0.15, 0.2) is 0 Å². The van der Waals surface area contributed by atoms with Crippen molar-refractivity contribution in [2.75, 3.05) is 0 Å². The summed E-state index contributed by atoms with van der Waals surface area (Å²) in [5, 5.41) is 1.18. The van der Waals surface area contributed by atoms with Crippen LogP contribution in [0.2, 0.25) is 0 Å². The van der Waals surface area contributed by atoms with E-state index in [0.717, 1.165) is 0 Å². The molecule has 1 rings (SSSR count). The van der Waals surface area contributed by atoms with E-state index in [4.69, 9.17) is 0 Å². The predicted molar refractivity (Wildman–Crippen MR) is 71.0 cm³/mol. The lowest BCUT2D eigenvalue weighted by molar-refractivity contribution is 0.526. The van der Waals surface area contributed by atoms with Gasteiger partial charge in [0.15, 0.2) is 0 Å². The number of hydrogen-bond donors (Lipinski definition) is 0. The predicted octanol–water partition coefficient (Wildman–Crippen LogP) is 4.68. The molecule has 1 nitrogen and oxygen atoms in total. The maximum Gasteiger partial charge on any atom is 0.0900 e. The van der Waals surface area contributed by atoms with E-state index in [2.05, 4.69) is 53.5 Å². The van der Waals surface area contributed by atoms with Gasteiger partial charge in [-0.15, -0.1) is 11.3 Å². The fraction of sp³-hybridized carbons (Fsp3) is 0.769. The summed E-state index contributed by atoms with van der Waals surface area (Å²) in [6.45, 7) is 15.6. The smallest absolute Gasteiger partial charge is 0.0900 e. The molecule has 1 heterocycles. The van der Waals surface area contributed by atoms with Gasteiger partial charge < -0.3 is 0 Å². The van der Waals surface area contributed by atoms with Crippen LogP contribution in [-0.4, -0.2) is 4.98 Å². The molecule has 2 heteroatoms. The minimum atomic E-state index is 0. The molecular weight excluding hydrogens is 202 g/mol. The summed E-state index contributed by atoms with van der Waals surface area (Å²) in [5.41, 5.74) is 1.65. The Bertz CT molecular complexity index is 292. The van der Waals surface area contributed by atoms with E-state index in [1.807, 2.05) is 11.3 Å². The first-order valence-electron chi connectivity index (χ1n) is 5.11. The van der Waals surface area contributed by atoms with Gasteiger partial charge in [0.1, 0.15) is 0 Å². The van der Waals surface area contributed by atoms with Crippen molar-refractivity contribution < 1.29 is 0 Å². The summed E-state index contributed by atoms with van der Waals surface area (Å²) in [7, 11) is 0. The van der Waals surface area contributed by atoms with Crippen LogP contribution in [0.3, 0.4) is 0 Å². The molecule has 0 unspecified atom stereocenters. The summed E-state index contributed by atoms with van der Waals surface area (Å²) < 4.78 is 0. The zero-order valence-corrected chi connectivity index (χ0v) is 11.2. The third-order valence-corrected chi connectivity index (χ3v) is 3.52. The Labute approximate surface area is 98.9 Å². The molecule has 0 radical (unpaired) electrons. The molecule has 0 spiro atoms. The minimum Gasteiger partial charge on any atom is -0.246 e. The van der Waals surface area contributed by atoms with Gasteiger partial charge in [-0.2, -0.15) is 0 Å². The van der Waals surface area contributed by atoms with Crippen LogP contribution < -0.4 is 0 Å². The normalized spacial score (nSPS) is 12.5. The zero-order valence-electron chi connectivity index (χ0n) is 10.4. The third-order valence-electron chi connectivity index (χ3n) is 2.13. The number of aromatic nitrogens is 1. The van der Waals surface area contributed by atoms with E-state index in [1.165, 1.54) is 15.6 Å². The van der Waals surface area contributed by atoms with Crippen molar-refractivity contribution in [2.24, 2.45) is 0 Å². The number of thiazole rings is 1. The van der Waals surface area contributed by atoms with Gasteiger partial charge in [-0.3, -0.25) is 0 Å². The highest BCUT2D eigenvalue weighted by atomic mass is 32.1. The van der Waals surface area contributed by atoms with Gasteiger partial charge in [0.25, 0.3) is 0 Å². The molecule has 0 bridgehead atoms. The molecular formula is C13H25NS. The van der Waals surface area contributed by atoms with Crippen LogP contribution in [0.25, 0.3) is 0 Å². The lowest BCUT2D eigenvalue weighted by atomic mass is 9.84. The topological polar surface area (TPSA) is 12.9 Å². The van der Waals surface area contributed by atoms with Gasteiger partial charge in [0.2, 0.25) is 0 Å². The third kappa shape index (κ3) is 3.30. The molecule has 0 saturated heterocycles. The van der Waals surface area contributed by atoms with Crippen molar-refractivity contribution in [1.82, 2.24) is 4.98 Å². The lowest BCUT2D eigenvalue weighted by Gasteiger charge is -2.24. The molecule has 0 aliphatic rings. The first-order chi connectivity index (χ1) is 6.12. The van der Waals surface area contributed by atoms with Crippen molar-refractivity contribution in [3.8, 4) is 0 Å². The van der Waals surface area contributed by atoms with Gasteiger partial charge in [-0.1, -0.05) is 49.0 Å². The maximum absolute atomic E-state index is 4.67. The summed E-state index contributed by atoms with van der Waals surface area (Å²) in [5.74, 6) is 0. The number of nitrogens with zero attached hydrogens (tertiary/aromatic N) is 1. The van der Waals surface area contributed by atoms with Crippen LogP contribution >= 0.6 is 11.3 Å². The minimum absolute atomic E-state index is 0. The summed E-state index contributed by atoms with van der Waals surface area (Å²) >= 11 is 1.84. The summed E-state index contributed by atoms with van der Waals surface area (Å²) in [6.07, 6.45) is 0. The molecule has 0 aliphatic carbocycles.